The third-order valence-electron chi connectivity index (χ3n) is 6.14. The molecule has 0 N–H and O–H groups in total. The molecule has 0 aliphatic carbocycles. The lowest BCUT2D eigenvalue weighted by Gasteiger charge is -2.35. The number of hydrogen-bond donors (Lipinski definition) is 0. The SMILES string of the molecule is CC1(C)c2c(ccc3ccccc23)-[n+]2[c-]n(-c3ccccc3)c3cccc1c32. The van der Waals surface area contributed by atoms with Crippen molar-refractivity contribution in [3.05, 3.63) is 102 Å². The molecule has 6 rings (SSSR count). The van der Waals surface area contributed by atoms with Gasteiger partial charge in [0.2, 0.25) is 0 Å². The molecule has 1 aromatic heterocycles. The first-order chi connectivity index (χ1) is 13.7. The predicted octanol–water partition coefficient (Wildman–Crippen LogP) is 5.50. The van der Waals surface area contributed by atoms with E-state index in [-0.39, 0.29) is 5.41 Å². The fourth-order valence-corrected chi connectivity index (χ4v) is 4.84. The van der Waals surface area contributed by atoms with E-state index in [1.54, 1.807) is 0 Å². The van der Waals surface area contributed by atoms with Crippen molar-refractivity contribution < 1.29 is 4.57 Å². The van der Waals surface area contributed by atoms with E-state index in [2.05, 4.69) is 114 Å². The number of para-hydroxylation sites is 2. The van der Waals surface area contributed by atoms with E-state index in [9.17, 15) is 0 Å². The van der Waals surface area contributed by atoms with E-state index in [0.717, 1.165) is 5.69 Å². The van der Waals surface area contributed by atoms with Crippen molar-refractivity contribution in [1.82, 2.24) is 4.57 Å². The van der Waals surface area contributed by atoms with Gasteiger partial charge in [0.15, 0.2) is 0 Å². The van der Waals surface area contributed by atoms with Crippen LogP contribution in [0.4, 0.5) is 0 Å². The second kappa shape index (κ2) is 5.32. The molecule has 0 unspecified atom stereocenters. The lowest BCUT2D eigenvalue weighted by molar-refractivity contribution is -0.575. The van der Waals surface area contributed by atoms with Crippen molar-refractivity contribution in [2.24, 2.45) is 0 Å². The van der Waals surface area contributed by atoms with Gasteiger partial charge in [-0.2, -0.15) is 0 Å². The standard InChI is InChI=1S/C26H20N2/c1-26(2)21-13-8-14-23-25(21)28(17-27(23)19-10-4-3-5-11-19)22-16-15-18-9-6-7-12-20(18)24(22)26/h3-16H,1-2H3. The zero-order valence-electron chi connectivity index (χ0n) is 16.0. The summed E-state index contributed by atoms with van der Waals surface area (Å²) in [6.45, 7) is 4.69. The van der Waals surface area contributed by atoms with E-state index >= 15 is 0 Å². The quantitative estimate of drug-likeness (QED) is 0.276. The molecule has 0 saturated heterocycles. The zero-order valence-corrected chi connectivity index (χ0v) is 16.0. The molecule has 4 aromatic carbocycles. The van der Waals surface area contributed by atoms with Crippen LogP contribution in [0.2, 0.25) is 0 Å². The van der Waals surface area contributed by atoms with Gasteiger partial charge in [-0.25, -0.2) is 0 Å². The smallest absolute Gasteiger partial charge is 0.269 e. The van der Waals surface area contributed by atoms with Gasteiger partial charge in [0.1, 0.15) is 0 Å². The molecule has 0 fully saturated rings. The van der Waals surface area contributed by atoms with E-state index in [4.69, 9.17) is 0 Å². The first-order valence-corrected chi connectivity index (χ1v) is 9.73. The minimum atomic E-state index is -0.0909. The Hall–Kier alpha value is -3.39. The summed E-state index contributed by atoms with van der Waals surface area (Å²) >= 11 is 0. The maximum atomic E-state index is 3.64. The van der Waals surface area contributed by atoms with Gasteiger partial charge in [-0.15, -0.1) is 0 Å². The molecule has 2 heteroatoms. The van der Waals surface area contributed by atoms with E-state index in [1.165, 1.54) is 38.6 Å². The van der Waals surface area contributed by atoms with Crippen molar-refractivity contribution in [1.29, 1.82) is 0 Å². The van der Waals surface area contributed by atoms with Gasteiger partial charge in [0.25, 0.3) is 6.33 Å². The monoisotopic (exact) mass is 360 g/mol. The molecule has 1 aliphatic heterocycles. The molecular formula is C26H20N2. The van der Waals surface area contributed by atoms with Gasteiger partial charge >= 0.3 is 0 Å². The topological polar surface area (TPSA) is 8.81 Å². The van der Waals surface area contributed by atoms with Crippen LogP contribution >= 0.6 is 0 Å². The Labute approximate surface area is 164 Å². The fourth-order valence-electron chi connectivity index (χ4n) is 4.84. The Morgan fingerprint density at radius 3 is 2.43 bits per heavy atom. The summed E-state index contributed by atoms with van der Waals surface area (Å²) in [5.41, 5.74) is 7.42. The van der Waals surface area contributed by atoms with Crippen LogP contribution in [0, 0.1) is 6.33 Å². The van der Waals surface area contributed by atoms with Crippen molar-refractivity contribution in [2.45, 2.75) is 19.3 Å². The normalized spacial score (nSPS) is 14.4. The average molecular weight is 360 g/mol. The number of imidazole rings is 1. The Balaban J connectivity index is 1.80. The predicted molar refractivity (Wildman–Crippen MR) is 113 cm³/mol. The molecule has 0 spiro atoms. The molecular weight excluding hydrogens is 340 g/mol. The Kier molecular flexibility index (Phi) is 2.98. The highest BCUT2D eigenvalue weighted by atomic mass is 15.1. The van der Waals surface area contributed by atoms with E-state index in [1.807, 2.05) is 0 Å². The van der Waals surface area contributed by atoms with Crippen LogP contribution in [0.1, 0.15) is 25.0 Å². The summed E-state index contributed by atoms with van der Waals surface area (Å²) in [5.74, 6) is 0. The van der Waals surface area contributed by atoms with Crippen LogP contribution in [0.3, 0.4) is 0 Å². The lowest BCUT2D eigenvalue weighted by Crippen LogP contribution is -2.41. The summed E-state index contributed by atoms with van der Waals surface area (Å²) in [7, 11) is 0. The molecule has 2 nitrogen and oxygen atoms in total. The molecule has 0 radical (unpaired) electrons. The summed E-state index contributed by atoms with van der Waals surface area (Å²) in [5, 5.41) is 2.61. The van der Waals surface area contributed by atoms with Crippen molar-refractivity contribution in [2.75, 3.05) is 0 Å². The number of benzene rings is 4. The highest BCUT2D eigenvalue weighted by Gasteiger charge is 2.35. The van der Waals surface area contributed by atoms with Crippen LogP contribution in [-0.4, -0.2) is 4.57 Å². The average Bonchev–Trinajstić information content (AvgIpc) is 3.12. The van der Waals surface area contributed by atoms with Crippen LogP contribution in [0.5, 0.6) is 0 Å². The van der Waals surface area contributed by atoms with E-state index in [0.29, 0.717) is 0 Å². The highest BCUT2D eigenvalue weighted by Crippen LogP contribution is 2.44. The summed E-state index contributed by atoms with van der Waals surface area (Å²) in [4.78, 5) is 0. The van der Waals surface area contributed by atoms with Crippen LogP contribution in [0.15, 0.2) is 84.9 Å². The number of hydrogen-bond acceptors (Lipinski definition) is 0. The second-order valence-corrected chi connectivity index (χ2v) is 8.09. The van der Waals surface area contributed by atoms with Crippen molar-refractivity contribution in [3.8, 4) is 11.4 Å². The number of nitrogens with zero attached hydrogens (tertiary/aromatic N) is 2. The summed E-state index contributed by atoms with van der Waals surface area (Å²) in [6.07, 6.45) is 3.64. The Morgan fingerprint density at radius 2 is 1.57 bits per heavy atom. The summed E-state index contributed by atoms with van der Waals surface area (Å²) < 4.78 is 4.43. The largest absolute Gasteiger partial charge is 0.292 e. The summed E-state index contributed by atoms with van der Waals surface area (Å²) in [6, 6.07) is 30.3. The third kappa shape index (κ3) is 1.90. The maximum Gasteiger partial charge on any atom is 0.269 e. The first-order valence-electron chi connectivity index (χ1n) is 9.73. The minimum Gasteiger partial charge on any atom is -0.292 e. The van der Waals surface area contributed by atoms with Gasteiger partial charge in [-0.1, -0.05) is 80.6 Å². The van der Waals surface area contributed by atoms with Crippen molar-refractivity contribution in [3.63, 3.8) is 0 Å². The number of aromatic nitrogens is 2. The lowest BCUT2D eigenvalue weighted by atomic mass is 9.73. The second-order valence-electron chi connectivity index (χ2n) is 8.09. The Bertz CT molecular complexity index is 1370. The fraction of sp³-hybridized carbons (Fsp3) is 0.115. The van der Waals surface area contributed by atoms with Gasteiger partial charge in [-0.05, 0) is 40.1 Å². The molecule has 0 bridgehead atoms. The molecule has 28 heavy (non-hydrogen) atoms. The number of rotatable bonds is 1. The molecule has 0 amide bonds. The molecule has 2 heterocycles. The first kappa shape index (κ1) is 15.6. The molecule has 1 aliphatic rings. The Morgan fingerprint density at radius 1 is 0.786 bits per heavy atom. The van der Waals surface area contributed by atoms with Crippen LogP contribution in [0.25, 0.3) is 33.2 Å². The molecule has 0 saturated carbocycles. The van der Waals surface area contributed by atoms with Gasteiger partial charge in [0.05, 0.1) is 22.4 Å². The highest BCUT2D eigenvalue weighted by molar-refractivity contribution is 5.92. The molecule has 0 atom stereocenters. The minimum absolute atomic E-state index is 0.0909. The number of fused-ring (bicyclic) bond motifs is 4. The molecule has 134 valence electrons. The maximum absolute atomic E-state index is 3.64. The van der Waals surface area contributed by atoms with Crippen LogP contribution < -0.4 is 4.57 Å². The van der Waals surface area contributed by atoms with Gasteiger partial charge in [-0.3, -0.25) is 9.13 Å². The van der Waals surface area contributed by atoms with Gasteiger partial charge < -0.3 is 0 Å². The zero-order chi connectivity index (χ0) is 18.9. The third-order valence-corrected chi connectivity index (χ3v) is 6.14. The molecule has 5 aromatic rings. The van der Waals surface area contributed by atoms with E-state index < -0.39 is 0 Å². The van der Waals surface area contributed by atoms with Crippen LogP contribution in [-0.2, 0) is 5.41 Å². The van der Waals surface area contributed by atoms with Crippen molar-refractivity contribution >= 4 is 21.8 Å². The van der Waals surface area contributed by atoms with Gasteiger partial charge in [0, 0.05) is 5.41 Å².